The maximum absolute atomic E-state index is 5.47. The van der Waals surface area contributed by atoms with Crippen molar-refractivity contribution in [2.24, 2.45) is 7.05 Å². The van der Waals surface area contributed by atoms with Gasteiger partial charge in [-0.15, -0.1) is 0 Å². The number of nitrogens with zero attached hydrogens (tertiary/aromatic N) is 2. The number of halogens is 1. The molecule has 0 aromatic carbocycles. The molecule has 0 N–H and O–H groups in total. The molecular weight excluding hydrogens is 208 g/mol. The first kappa shape index (κ1) is 8.59. The first-order valence-electron chi connectivity index (χ1n) is 3.45. The zero-order valence-electron chi connectivity index (χ0n) is 6.84. The smallest absolute Gasteiger partial charge is 0.226 e. The van der Waals surface area contributed by atoms with Gasteiger partial charge in [-0.25, -0.2) is 4.68 Å². The second-order valence-corrected chi connectivity index (χ2v) is 3.44. The Labute approximate surface area is 74.5 Å². The molecule has 0 atom stereocenters. The van der Waals surface area contributed by atoms with E-state index >= 15 is 0 Å². The summed E-state index contributed by atoms with van der Waals surface area (Å²) in [5.74, 6) is 0.778. The normalized spacial score (nSPS) is 10.6. The first-order chi connectivity index (χ1) is 5.11. The fourth-order valence-electron chi connectivity index (χ4n) is 0.755. The van der Waals surface area contributed by atoms with Gasteiger partial charge in [-0.3, -0.25) is 0 Å². The van der Waals surface area contributed by atoms with E-state index in [0.717, 1.165) is 10.4 Å². The van der Waals surface area contributed by atoms with E-state index in [1.54, 1.807) is 10.9 Å². The van der Waals surface area contributed by atoms with E-state index in [1.165, 1.54) is 0 Å². The number of aromatic nitrogens is 2. The van der Waals surface area contributed by atoms with Crippen LogP contribution in [-0.2, 0) is 7.05 Å². The van der Waals surface area contributed by atoms with E-state index in [1.807, 2.05) is 20.9 Å². The van der Waals surface area contributed by atoms with Crippen molar-refractivity contribution in [1.29, 1.82) is 0 Å². The van der Waals surface area contributed by atoms with E-state index in [4.69, 9.17) is 4.74 Å². The fourth-order valence-corrected chi connectivity index (χ4v) is 1.20. The van der Waals surface area contributed by atoms with Crippen molar-refractivity contribution in [2.45, 2.75) is 20.0 Å². The van der Waals surface area contributed by atoms with Crippen molar-refractivity contribution in [1.82, 2.24) is 9.78 Å². The van der Waals surface area contributed by atoms with Crippen LogP contribution in [-0.4, -0.2) is 15.9 Å². The Morgan fingerprint density at radius 2 is 2.27 bits per heavy atom. The lowest BCUT2D eigenvalue weighted by Crippen LogP contribution is -2.09. The zero-order valence-corrected chi connectivity index (χ0v) is 8.42. The minimum Gasteiger partial charge on any atom is -0.474 e. The third-order valence-electron chi connectivity index (χ3n) is 1.19. The van der Waals surface area contributed by atoms with Crippen LogP contribution in [0.1, 0.15) is 13.8 Å². The van der Waals surface area contributed by atoms with Gasteiger partial charge in [-0.1, -0.05) is 0 Å². The molecule has 0 aliphatic carbocycles. The lowest BCUT2D eigenvalue weighted by Gasteiger charge is -2.09. The van der Waals surface area contributed by atoms with Crippen molar-refractivity contribution >= 4 is 15.9 Å². The molecule has 0 amide bonds. The SMILES string of the molecule is CC(C)Oc1c(Br)cnn1C. The molecule has 0 spiro atoms. The molecule has 0 saturated heterocycles. The summed E-state index contributed by atoms with van der Waals surface area (Å²) in [5.41, 5.74) is 0. The van der Waals surface area contributed by atoms with Crippen LogP contribution in [0, 0.1) is 0 Å². The van der Waals surface area contributed by atoms with Gasteiger partial charge in [0, 0.05) is 7.05 Å². The molecule has 62 valence electrons. The largest absolute Gasteiger partial charge is 0.474 e. The van der Waals surface area contributed by atoms with Crippen LogP contribution >= 0.6 is 15.9 Å². The second kappa shape index (κ2) is 3.26. The lowest BCUT2D eigenvalue weighted by molar-refractivity contribution is 0.220. The summed E-state index contributed by atoms with van der Waals surface area (Å²) in [5, 5.41) is 4.01. The Morgan fingerprint density at radius 3 is 2.64 bits per heavy atom. The van der Waals surface area contributed by atoms with Gasteiger partial charge in [0.05, 0.1) is 16.8 Å². The van der Waals surface area contributed by atoms with Gasteiger partial charge in [0.2, 0.25) is 5.88 Å². The molecule has 0 fully saturated rings. The van der Waals surface area contributed by atoms with E-state index in [-0.39, 0.29) is 6.10 Å². The summed E-state index contributed by atoms with van der Waals surface area (Å²) in [6.45, 7) is 3.97. The summed E-state index contributed by atoms with van der Waals surface area (Å²) in [6.07, 6.45) is 1.90. The van der Waals surface area contributed by atoms with Crippen molar-refractivity contribution in [3.8, 4) is 5.88 Å². The van der Waals surface area contributed by atoms with Crippen molar-refractivity contribution in [2.75, 3.05) is 0 Å². The molecule has 4 heteroatoms. The fraction of sp³-hybridized carbons (Fsp3) is 0.571. The van der Waals surface area contributed by atoms with Gasteiger partial charge >= 0.3 is 0 Å². The van der Waals surface area contributed by atoms with Crippen LogP contribution in [0.25, 0.3) is 0 Å². The molecule has 3 nitrogen and oxygen atoms in total. The molecule has 0 aliphatic heterocycles. The molecule has 0 radical (unpaired) electrons. The Kier molecular flexibility index (Phi) is 2.54. The number of ether oxygens (including phenoxy) is 1. The Balaban J connectivity index is 2.83. The number of hydrogen-bond donors (Lipinski definition) is 0. The average Bonchev–Trinajstić information content (AvgIpc) is 2.18. The summed E-state index contributed by atoms with van der Waals surface area (Å²) in [6, 6.07) is 0. The highest BCUT2D eigenvalue weighted by Gasteiger charge is 2.07. The molecule has 1 aromatic rings. The van der Waals surface area contributed by atoms with Crippen molar-refractivity contribution in [3.63, 3.8) is 0 Å². The minimum atomic E-state index is 0.182. The molecular formula is C7H11BrN2O. The highest BCUT2D eigenvalue weighted by molar-refractivity contribution is 9.10. The van der Waals surface area contributed by atoms with Gasteiger partial charge in [-0.2, -0.15) is 5.10 Å². The second-order valence-electron chi connectivity index (χ2n) is 2.59. The van der Waals surface area contributed by atoms with Gasteiger partial charge in [0.25, 0.3) is 0 Å². The third kappa shape index (κ3) is 1.96. The molecule has 0 saturated carbocycles. The van der Waals surface area contributed by atoms with Gasteiger partial charge in [0.15, 0.2) is 0 Å². The highest BCUT2D eigenvalue weighted by atomic mass is 79.9. The maximum Gasteiger partial charge on any atom is 0.226 e. The van der Waals surface area contributed by atoms with Crippen LogP contribution < -0.4 is 4.74 Å². The van der Waals surface area contributed by atoms with Crippen LogP contribution in [0.15, 0.2) is 10.7 Å². The van der Waals surface area contributed by atoms with E-state index in [0.29, 0.717) is 0 Å². The lowest BCUT2D eigenvalue weighted by atomic mass is 10.5. The average molecular weight is 219 g/mol. The Morgan fingerprint density at radius 1 is 1.64 bits per heavy atom. The molecule has 1 rings (SSSR count). The topological polar surface area (TPSA) is 27.1 Å². The molecule has 0 unspecified atom stereocenters. The number of rotatable bonds is 2. The van der Waals surface area contributed by atoms with E-state index < -0.39 is 0 Å². The molecule has 1 heterocycles. The third-order valence-corrected chi connectivity index (χ3v) is 1.73. The highest BCUT2D eigenvalue weighted by Crippen LogP contribution is 2.23. The number of hydrogen-bond acceptors (Lipinski definition) is 2. The summed E-state index contributed by atoms with van der Waals surface area (Å²) in [7, 11) is 1.85. The Bertz CT molecular complexity index is 225. The quantitative estimate of drug-likeness (QED) is 0.760. The van der Waals surface area contributed by atoms with Gasteiger partial charge in [-0.05, 0) is 29.8 Å². The predicted molar refractivity (Wildman–Crippen MR) is 46.7 cm³/mol. The monoisotopic (exact) mass is 218 g/mol. The van der Waals surface area contributed by atoms with Crippen molar-refractivity contribution in [3.05, 3.63) is 10.7 Å². The maximum atomic E-state index is 5.47. The summed E-state index contributed by atoms with van der Waals surface area (Å²) in [4.78, 5) is 0. The summed E-state index contributed by atoms with van der Waals surface area (Å²) >= 11 is 3.34. The molecule has 0 bridgehead atoms. The minimum absolute atomic E-state index is 0.182. The molecule has 0 aliphatic rings. The predicted octanol–water partition coefficient (Wildman–Crippen LogP) is 1.97. The van der Waals surface area contributed by atoms with Gasteiger partial charge < -0.3 is 4.74 Å². The van der Waals surface area contributed by atoms with Crippen LogP contribution in [0.5, 0.6) is 5.88 Å². The van der Waals surface area contributed by atoms with Crippen LogP contribution in [0.3, 0.4) is 0 Å². The van der Waals surface area contributed by atoms with Crippen LogP contribution in [0.4, 0.5) is 0 Å². The zero-order chi connectivity index (χ0) is 8.43. The first-order valence-corrected chi connectivity index (χ1v) is 4.24. The molecule has 1 aromatic heterocycles. The molecule has 11 heavy (non-hydrogen) atoms. The van der Waals surface area contributed by atoms with E-state index in [2.05, 4.69) is 21.0 Å². The summed E-state index contributed by atoms with van der Waals surface area (Å²) < 4.78 is 8.06. The van der Waals surface area contributed by atoms with Crippen molar-refractivity contribution < 1.29 is 4.74 Å². The van der Waals surface area contributed by atoms with Crippen LogP contribution in [0.2, 0.25) is 0 Å². The Hall–Kier alpha value is -0.510. The van der Waals surface area contributed by atoms with E-state index in [9.17, 15) is 0 Å². The standard InChI is InChI=1S/C7H11BrN2O/c1-5(2)11-7-6(8)4-9-10(7)3/h4-5H,1-3H3. The van der Waals surface area contributed by atoms with Gasteiger partial charge in [0.1, 0.15) is 0 Å². The number of aryl methyl sites for hydroxylation is 1.